The van der Waals surface area contributed by atoms with E-state index in [1.54, 1.807) is 17.9 Å². The van der Waals surface area contributed by atoms with Crippen LogP contribution in [-0.4, -0.2) is 89.3 Å². The second-order valence-corrected chi connectivity index (χ2v) is 11.6. The molecule has 1 amide bonds. The highest BCUT2D eigenvalue weighted by Gasteiger charge is 2.55. The molecule has 198 valence electrons. The van der Waals surface area contributed by atoms with Crippen LogP contribution in [0.4, 0.5) is 5.69 Å². The van der Waals surface area contributed by atoms with Crippen molar-refractivity contribution in [3.8, 4) is 5.75 Å². The molecule has 0 unspecified atom stereocenters. The van der Waals surface area contributed by atoms with E-state index in [0.29, 0.717) is 39.3 Å². The highest BCUT2D eigenvalue weighted by atomic mass is 32.2. The number of sulfonamides is 1. The lowest BCUT2D eigenvalue weighted by molar-refractivity contribution is -0.133. The van der Waals surface area contributed by atoms with E-state index in [9.17, 15) is 18.4 Å². The third-order valence-corrected chi connectivity index (χ3v) is 9.77. The molecule has 2 aliphatic rings. The highest BCUT2D eigenvalue weighted by Crippen LogP contribution is 2.35. The number of unbranched alkanes of at least 4 members (excludes halogenated alkanes) is 1. The number of ether oxygens (including phenoxy) is 1. The molecule has 3 N–H and O–H groups in total. The zero-order valence-corrected chi connectivity index (χ0v) is 21.5. The van der Waals surface area contributed by atoms with Crippen LogP contribution >= 0.6 is 0 Å². The van der Waals surface area contributed by atoms with Crippen molar-refractivity contribution in [2.24, 2.45) is 0 Å². The number of benzene rings is 1. The monoisotopic (exact) mass is 520 g/mol. The molecule has 0 radical (unpaired) electrons. The van der Waals surface area contributed by atoms with Gasteiger partial charge in [-0.05, 0) is 43.5 Å². The zero-order valence-electron chi connectivity index (χ0n) is 20.7. The van der Waals surface area contributed by atoms with E-state index >= 15 is 0 Å². The van der Waals surface area contributed by atoms with Crippen LogP contribution in [0.15, 0.2) is 36.7 Å². The van der Waals surface area contributed by atoms with Crippen molar-refractivity contribution in [3.05, 3.63) is 42.5 Å². The number of aromatic amines is 1. The van der Waals surface area contributed by atoms with E-state index in [1.807, 2.05) is 24.3 Å². The Hall–Kier alpha value is -2.67. The van der Waals surface area contributed by atoms with Gasteiger partial charge < -0.3 is 14.6 Å². The second-order valence-electron chi connectivity index (χ2n) is 9.33. The van der Waals surface area contributed by atoms with Crippen molar-refractivity contribution < 1.29 is 23.2 Å². The van der Waals surface area contributed by atoms with Crippen LogP contribution in [-0.2, 0) is 21.4 Å². The lowest BCUT2D eigenvalue weighted by atomic mass is 9.95. The number of hydrogen-bond donors (Lipinski definition) is 3. The van der Waals surface area contributed by atoms with Gasteiger partial charge in [-0.1, -0.05) is 13.3 Å². The number of carbonyl (C=O) groups is 1. The van der Waals surface area contributed by atoms with E-state index < -0.39 is 20.7 Å². The molecule has 3 heterocycles. The van der Waals surface area contributed by atoms with Gasteiger partial charge in [0.15, 0.2) is 4.75 Å². The number of rotatable bonds is 10. The Bertz CT molecular complexity index is 1080. The van der Waals surface area contributed by atoms with Gasteiger partial charge in [-0.3, -0.25) is 14.9 Å². The first kappa shape index (κ1) is 26.4. The maximum atomic E-state index is 13.8. The van der Waals surface area contributed by atoms with E-state index in [-0.39, 0.29) is 25.9 Å². The van der Waals surface area contributed by atoms with E-state index in [1.165, 1.54) is 4.31 Å². The van der Waals surface area contributed by atoms with Crippen molar-refractivity contribution in [1.29, 1.82) is 0 Å². The maximum Gasteiger partial charge on any atom is 0.266 e. The molecular weight excluding hydrogens is 484 g/mol. The number of anilines is 1. The number of aromatic nitrogens is 2. The van der Waals surface area contributed by atoms with Crippen molar-refractivity contribution in [1.82, 2.24) is 24.7 Å². The number of nitrogens with zero attached hydrogens (tertiary/aromatic N) is 4. The summed E-state index contributed by atoms with van der Waals surface area (Å²) < 4.78 is 33.0. The molecule has 2 aliphatic heterocycles. The van der Waals surface area contributed by atoms with Gasteiger partial charge in [0.2, 0.25) is 10.0 Å². The fraction of sp³-hybridized carbons (Fsp3) is 0.583. The third kappa shape index (κ3) is 5.51. The minimum absolute atomic E-state index is 0.0993. The first-order valence-corrected chi connectivity index (χ1v) is 14.0. The largest absolute Gasteiger partial charge is 0.494 e. The summed E-state index contributed by atoms with van der Waals surface area (Å²) in [4.78, 5) is 24.2. The van der Waals surface area contributed by atoms with Gasteiger partial charge in [0.25, 0.3) is 5.91 Å². The molecule has 4 rings (SSSR count). The fourth-order valence-corrected chi connectivity index (χ4v) is 7.01. The molecule has 2 saturated heterocycles. The van der Waals surface area contributed by atoms with Crippen molar-refractivity contribution in [3.63, 3.8) is 0 Å². The third-order valence-electron chi connectivity index (χ3n) is 7.15. The summed E-state index contributed by atoms with van der Waals surface area (Å²) >= 11 is 0. The normalized spacial score (nSPS) is 19.2. The number of piperazine rings is 1. The molecular formula is C24H36N6O5S. The first-order chi connectivity index (χ1) is 17.4. The number of likely N-dealkylation sites (tertiary alicyclic amines) is 1. The number of nitrogens with one attached hydrogen (secondary N) is 2. The van der Waals surface area contributed by atoms with Gasteiger partial charge in [0, 0.05) is 57.3 Å². The Balaban J connectivity index is 1.39. The van der Waals surface area contributed by atoms with Gasteiger partial charge in [0.05, 0.1) is 13.2 Å². The molecule has 12 heteroatoms. The van der Waals surface area contributed by atoms with Crippen molar-refractivity contribution in [2.45, 2.75) is 43.9 Å². The van der Waals surface area contributed by atoms with Crippen LogP contribution in [0.1, 0.15) is 38.4 Å². The predicted molar refractivity (Wildman–Crippen MR) is 135 cm³/mol. The van der Waals surface area contributed by atoms with Crippen LogP contribution in [0, 0.1) is 0 Å². The number of piperidine rings is 1. The summed E-state index contributed by atoms with van der Waals surface area (Å²) in [5.41, 5.74) is 2.64. The van der Waals surface area contributed by atoms with E-state index in [4.69, 9.17) is 4.74 Å². The molecule has 11 nitrogen and oxygen atoms in total. The summed E-state index contributed by atoms with van der Waals surface area (Å²) in [5, 5.41) is 9.44. The summed E-state index contributed by atoms with van der Waals surface area (Å²) in [7, 11) is -4.00. The number of hydroxylamine groups is 1. The van der Waals surface area contributed by atoms with Gasteiger partial charge in [-0.2, -0.15) is 4.31 Å². The molecule has 1 aromatic carbocycles. The average molecular weight is 521 g/mol. The maximum absolute atomic E-state index is 13.8. The summed E-state index contributed by atoms with van der Waals surface area (Å²) in [6.45, 7) is 5.73. The average Bonchev–Trinajstić information content (AvgIpc) is 3.42. The number of hydrogen-bond acceptors (Lipinski definition) is 8. The van der Waals surface area contributed by atoms with Gasteiger partial charge in [-0.15, -0.1) is 0 Å². The SMILES string of the molecule is CCCCOc1ccc(N2CCN(S(=O)(=O)C3(C(=O)NO)CCN(Cc4ncc[nH]4)CC3)CC2)cc1. The van der Waals surface area contributed by atoms with E-state index in [2.05, 4.69) is 26.7 Å². The molecule has 0 aliphatic carbocycles. The standard InChI is InChI=1S/C24H36N6O5S/c1-2-3-18-35-21-6-4-20(5-7-21)29-14-16-30(17-15-29)36(33,34)24(23(31)27-32)8-12-28(13-9-24)19-22-25-10-11-26-22/h4-7,10-11,32H,2-3,8-9,12-19H2,1H3,(H,25,26)(H,27,31). The Morgan fingerprint density at radius 3 is 2.42 bits per heavy atom. The van der Waals surface area contributed by atoms with Crippen LogP contribution < -0.4 is 15.1 Å². The Kier molecular flexibility index (Phi) is 8.50. The molecule has 0 spiro atoms. The zero-order chi connectivity index (χ0) is 25.6. The fourth-order valence-electron chi connectivity index (χ4n) is 4.89. The molecule has 0 bridgehead atoms. The molecule has 36 heavy (non-hydrogen) atoms. The highest BCUT2D eigenvalue weighted by molar-refractivity contribution is 7.91. The lowest BCUT2D eigenvalue weighted by Gasteiger charge is -2.44. The minimum atomic E-state index is -4.00. The minimum Gasteiger partial charge on any atom is -0.494 e. The Morgan fingerprint density at radius 1 is 1.14 bits per heavy atom. The van der Waals surface area contributed by atoms with E-state index in [0.717, 1.165) is 30.1 Å². The topological polar surface area (TPSA) is 131 Å². The first-order valence-electron chi connectivity index (χ1n) is 12.5. The predicted octanol–water partition coefficient (Wildman–Crippen LogP) is 1.58. The summed E-state index contributed by atoms with van der Waals surface area (Å²) in [6, 6.07) is 7.85. The lowest BCUT2D eigenvalue weighted by Crippen LogP contribution is -2.63. The molecule has 1 aromatic heterocycles. The van der Waals surface area contributed by atoms with Gasteiger partial charge in [-0.25, -0.2) is 18.9 Å². The van der Waals surface area contributed by atoms with Crippen LogP contribution in [0.2, 0.25) is 0 Å². The van der Waals surface area contributed by atoms with Crippen molar-refractivity contribution in [2.75, 3.05) is 50.8 Å². The van der Waals surface area contributed by atoms with Gasteiger partial charge >= 0.3 is 0 Å². The van der Waals surface area contributed by atoms with Gasteiger partial charge in [0.1, 0.15) is 11.6 Å². The molecule has 0 atom stereocenters. The quantitative estimate of drug-likeness (QED) is 0.245. The second kappa shape index (κ2) is 11.6. The number of carbonyl (C=O) groups excluding carboxylic acids is 1. The molecule has 0 saturated carbocycles. The number of imidazole rings is 1. The molecule has 2 aromatic rings. The van der Waals surface area contributed by atoms with Crippen molar-refractivity contribution >= 4 is 21.6 Å². The Labute approximate surface area is 212 Å². The summed E-state index contributed by atoms with van der Waals surface area (Å²) in [6.07, 6.45) is 5.70. The van der Waals surface area contributed by atoms with Crippen LogP contribution in [0.5, 0.6) is 5.75 Å². The Morgan fingerprint density at radius 2 is 1.83 bits per heavy atom. The molecule has 2 fully saturated rings. The van der Waals surface area contributed by atoms with Crippen LogP contribution in [0.3, 0.4) is 0 Å². The summed E-state index contributed by atoms with van der Waals surface area (Å²) in [5.74, 6) is 0.749. The number of amides is 1. The van der Waals surface area contributed by atoms with Crippen LogP contribution in [0.25, 0.3) is 0 Å². The smallest absolute Gasteiger partial charge is 0.266 e. The number of H-pyrrole nitrogens is 1.